The van der Waals surface area contributed by atoms with Gasteiger partial charge in [-0.25, -0.2) is 9.97 Å². The van der Waals surface area contributed by atoms with E-state index in [1.54, 1.807) is 0 Å². The molecule has 0 saturated heterocycles. The SMILES string of the molecule is Cc1nc2c(ccc3ccccc32)nc1-c1ccc(-c2ccccc2)cc1. The smallest absolute Gasteiger partial charge is 0.0968 e. The molecule has 0 amide bonds. The van der Waals surface area contributed by atoms with Crippen molar-refractivity contribution in [3.05, 3.63) is 96.7 Å². The predicted octanol–water partition coefficient (Wildman–Crippen LogP) is 6.43. The van der Waals surface area contributed by atoms with E-state index in [1.807, 2.05) is 13.0 Å². The molecule has 0 unspecified atom stereocenters. The highest BCUT2D eigenvalue weighted by atomic mass is 14.8. The summed E-state index contributed by atoms with van der Waals surface area (Å²) in [5, 5.41) is 2.34. The van der Waals surface area contributed by atoms with Crippen LogP contribution in [0, 0.1) is 6.92 Å². The van der Waals surface area contributed by atoms with Crippen molar-refractivity contribution >= 4 is 21.8 Å². The maximum absolute atomic E-state index is 4.94. The van der Waals surface area contributed by atoms with Crippen LogP contribution in [0.15, 0.2) is 91.0 Å². The van der Waals surface area contributed by atoms with E-state index < -0.39 is 0 Å². The van der Waals surface area contributed by atoms with Crippen molar-refractivity contribution in [3.8, 4) is 22.4 Å². The van der Waals surface area contributed by atoms with Crippen molar-refractivity contribution in [3.63, 3.8) is 0 Å². The van der Waals surface area contributed by atoms with Crippen LogP contribution in [0.3, 0.4) is 0 Å². The lowest BCUT2D eigenvalue weighted by molar-refractivity contribution is 1.19. The Labute approximate surface area is 158 Å². The molecule has 0 radical (unpaired) electrons. The monoisotopic (exact) mass is 346 g/mol. The maximum Gasteiger partial charge on any atom is 0.0968 e. The predicted molar refractivity (Wildman–Crippen MR) is 113 cm³/mol. The molecule has 128 valence electrons. The quantitative estimate of drug-likeness (QED) is 0.344. The second kappa shape index (κ2) is 6.33. The van der Waals surface area contributed by atoms with Crippen LogP contribution in [0.4, 0.5) is 0 Å². The standard InChI is InChI=1S/C25H18N2/c1-17-24(21-13-11-19(12-14-21)18-7-3-2-4-8-18)27-23-16-15-20-9-5-6-10-22(20)25(23)26-17/h2-16H,1H3. The lowest BCUT2D eigenvalue weighted by Crippen LogP contribution is -1.95. The fraction of sp³-hybridized carbons (Fsp3) is 0.0400. The zero-order valence-corrected chi connectivity index (χ0v) is 15.1. The van der Waals surface area contributed by atoms with Crippen molar-refractivity contribution in [2.75, 3.05) is 0 Å². The molecule has 0 fully saturated rings. The van der Waals surface area contributed by atoms with Gasteiger partial charge in [0.15, 0.2) is 0 Å². The number of aryl methyl sites for hydroxylation is 1. The van der Waals surface area contributed by atoms with Gasteiger partial charge < -0.3 is 0 Å². The Hall–Kier alpha value is -3.52. The van der Waals surface area contributed by atoms with Gasteiger partial charge in [0.05, 0.1) is 22.4 Å². The first-order valence-electron chi connectivity index (χ1n) is 9.11. The third-order valence-electron chi connectivity index (χ3n) is 5.00. The van der Waals surface area contributed by atoms with Crippen molar-refractivity contribution in [2.24, 2.45) is 0 Å². The van der Waals surface area contributed by atoms with Crippen LogP contribution in [0.5, 0.6) is 0 Å². The summed E-state index contributed by atoms with van der Waals surface area (Å²) in [6.07, 6.45) is 0. The summed E-state index contributed by atoms with van der Waals surface area (Å²) in [5.74, 6) is 0. The molecule has 1 heterocycles. The van der Waals surface area contributed by atoms with E-state index in [4.69, 9.17) is 9.97 Å². The Kier molecular flexibility index (Phi) is 3.68. The van der Waals surface area contributed by atoms with Gasteiger partial charge in [-0.3, -0.25) is 0 Å². The third-order valence-corrected chi connectivity index (χ3v) is 5.00. The molecule has 0 N–H and O–H groups in total. The number of hydrogen-bond donors (Lipinski definition) is 0. The highest BCUT2D eigenvalue weighted by molar-refractivity contribution is 6.04. The molecular formula is C25H18N2. The molecule has 0 spiro atoms. The normalized spacial score (nSPS) is 11.1. The number of aromatic nitrogens is 2. The van der Waals surface area contributed by atoms with Gasteiger partial charge in [0.2, 0.25) is 0 Å². The molecule has 0 aliphatic rings. The van der Waals surface area contributed by atoms with Gasteiger partial charge in [0.1, 0.15) is 0 Å². The molecule has 0 aliphatic carbocycles. The number of hydrogen-bond acceptors (Lipinski definition) is 2. The summed E-state index contributed by atoms with van der Waals surface area (Å²) >= 11 is 0. The zero-order chi connectivity index (χ0) is 18.2. The van der Waals surface area contributed by atoms with E-state index >= 15 is 0 Å². The van der Waals surface area contributed by atoms with Crippen molar-refractivity contribution in [1.29, 1.82) is 0 Å². The van der Waals surface area contributed by atoms with Crippen molar-refractivity contribution in [1.82, 2.24) is 9.97 Å². The van der Waals surface area contributed by atoms with E-state index in [-0.39, 0.29) is 0 Å². The molecule has 0 saturated carbocycles. The van der Waals surface area contributed by atoms with E-state index in [2.05, 4.69) is 84.9 Å². The highest BCUT2D eigenvalue weighted by Crippen LogP contribution is 2.29. The van der Waals surface area contributed by atoms with Crippen LogP contribution >= 0.6 is 0 Å². The number of benzene rings is 4. The van der Waals surface area contributed by atoms with Gasteiger partial charge in [0, 0.05) is 10.9 Å². The molecule has 0 atom stereocenters. The largest absolute Gasteiger partial charge is 0.249 e. The number of rotatable bonds is 2. The van der Waals surface area contributed by atoms with Crippen molar-refractivity contribution in [2.45, 2.75) is 6.92 Å². The molecule has 0 aliphatic heterocycles. The Morgan fingerprint density at radius 1 is 0.556 bits per heavy atom. The molecule has 4 aromatic carbocycles. The molecule has 27 heavy (non-hydrogen) atoms. The second-order valence-corrected chi connectivity index (χ2v) is 6.76. The summed E-state index contributed by atoms with van der Waals surface area (Å²) in [6, 6.07) is 31.5. The highest BCUT2D eigenvalue weighted by Gasteiger charge is 2.10. The molecule has 2 heteroatoms. The first-order valence-corrected chi connectivity index (χ1v) is 9.11. The van der Waals surface area contributed by atoms with Gasteiger partial charge in [-0.1, -0.05) is 84.9 Å². The van der Waals surface area contributed by atoms with E-state index in [1.165, 1.54) is 16.5 Å². The first kappa shape index (κ1) is 15.7. The topological polar surface area (TPSA) is 25.8 Å². The van der Waals surface area contributed by atoms with Crippen LogP contribution in [-0.2, 0) is 0 Å². The number of fused-ring (bicyclic) bond motifs is 3. The van der Waals surface area contributed by atoms with Gasteiger partial charge in [0.25, 0.3) is 0 Å². The fourth-order valence-electron chi connectivity index (χ4n) is 3.60. The maximum atomic E-state index is 4.94. The van der Waals surface area contributed by atoms with Crippen molar-refractivity contribution < 1.29 is 0 Å². The summed E-state index contributed by atoms with van der Waals surface area (Å²) in [7, 11) is 0. The lowest BCUT2D eigenvalue weighted by atomic mass is 10.0. The summed E-state index contributed by atoms with van der Waals surface area (Å²) in [4.78, 5) is 9.83. The average molecular weight is 346 g/mol. The van der Waals surface area contributed by atoms with Crippen LogP contribution < -0.4 is 0 Å². The van der Waals surface area contributed by atoms with Crippen LogP contribution in [-0.4, -0.2) is 9.97 Å². The summed E-state index contributed by atoms with van der Waals surface area (Å²) in [6.45, 7) is 2.04. The van der Waals surface area contributed by atoms with E-state index in [0.717, 1.165) is 33.4 Å². The molecule has 5 aromatic rings. The first-order chi connectivity index (χ1) is 13.3. The zero-order valence-electron chi connectivity index (χ0n) is 15.1. The minimum atomic E-state index is 0.932. The van der Waals surface area contributed by atoms with Gasteiger partial charge in [-0.05, 0) is 29.5 Å². The summed E-state index contributed by atoms with van der Waals surface area (Å²) in [5.41, 5.74) is 7.31. The van der Waals surface area contributed by atoms with Crippen LogP contribution in [0.2, 0.25) is 0 Å². The van der Waals surface area contributed by atoms with Crippen LogP contribution in [0.25, 0.3) is 44.2 Å². The fourth-order valence-corrected chi connectivity index (χ4v) is 3.60. The Morgan fingerprint density at radius 2 is 1.22 bits per heavy atom. The number of nitrogens with zero attached hydrogens (tertiary/aromatic N) is 2. The van der Waals surface area contributed by atoms with Crippen LogP contribution in [0.1, 0.15) is 5.69 Å². The van der Waals surface area contributed by atoms with E-state index in [0.29, 0.717) is 0 Å². The Balaban J connectivity index is 1.62. The molecule has 2 nitrogen and oxygen atoms in total. The van der Waals surface area contributed by atoms with E-state index in [9.17, 15) is 0 Å². The molecule has 1 aromatic heterocycles. The Morgan fingerprint density at radius 3 is 2.04 bits per heavy atom. The minimum Gasteiger partial charge on any atom is -0.249 e. The Bertz CT molecular complexity index is 1260. The molecule has 0 bridgehead atoms. The molecule has 5 rings (SSSR count). The third kappa shape index (κ3) is 2.76. The minimum absolute atomic E-state index is 0.932. The average Bonchev–Trinajstić information content (AvgIpc) is 2.74. The summed E-state index contributed by atoms with van der Waals surface area (Å²) < 4.78 is 0. The van der Waals surface area contributed by atoms with Gasteiger partial charge >= 0.3 is 0 Å². The lowest BCUT2D eigenvalue weighted by Gasteiger charge is -2.10. The second-order valence-electron chi connectivity index (χ2n) is 6.76. The van der Waals surface area contributed by atoms with Gasteiger partial charge in [-0.2, -0.15) is 0 Å². The van der Waals surface area contributed by atoms with Gasteiger partial charge in [-0.15, -0.1) is 0 Å². The molecular weight excluding hydrogens is 328 g/mol.